The van der Waals surface area contributed by atoms with Crippen LogP contribution in [0.4, 0.5) is 5.69 Å². The fourth-order valence-corrected chi connectivity index (χ4v) is 2.85. The topological polar surface area (TPSA) is 29.5 Å². The first kappa shape index (κ1) is 15.4. The summed E-state index contributed by atoms with van der Waals surface area (Å²) in [6.07, 6.45) is 0. The van der Waals surface area contributed by atoms with Gasteiger partial charge in [-0.1, -0.05) is 24.3 Å². The molecule has 0 aromatic heterocycles. The van der Waals surface area contributed by atoms with E-state index < -0.39 is 0 Å². The summed E-state index contributed by atoms with van der Waals surface area (Å²) in [4.78, 5) is 15.2. The van der Waals surface area contributed by atoms with Crippen LogP contribution in [0.3, 0.4) is 0 Å². The van der Waals surface area contributed by atoms with Gasteiger partial charge in [0.1, 0.15) is 5.75 Å². The zero-order valence-corrected chi connectivity index (χ0v) is 13.1. The van der Waals surface area contributed by atoms with Crippen LogP contribution in [0.1, 0.15) is 6.92 Å². The van der Waals surface area contributed by atoms with Gasteiger partial charge in [0.2, 0.25) is 5.91 Å². The molecule has 0 atom stereocenters. The Hall–Kier alpha value is -1.94. The Morgan fingerprint density at radius 2 is 1.90 bits per heavy atom. The molecule has 4 heteroatoms. The largest absolute Gasteiger partial charge is 0.497 e. The summed E-state index contributed by atoms with van der Waals surface area (Å²) in [6.45, 7) is 2.66. The van der Waals surface area contributed by atoms with Gasteiger partial charge in [0.15, 0.2) is 0 Å². The summed E-state index contributed by atoms with van der Waals surface area (Å²) in [6, 6.07) is 17.5. The third-order valence-electron chi connectivity index (χ3n) is 3.09. The van der Waals surface area contributed by atoms with E-state index in [1.807, 2.05) is 61.5 Å². The Morgan fingerprint density at radius 1 is 1.14 bits per heavy atom. The molecule has 21 heavy (non-hydrogen) atoms. The van der Waals surface area contributed by atoms with Crippen LogP contribution in [0, 0.1) is 0 Å². The van der Waals surface area contributed by atoms with E-state index in [0.717, 1.165) is 16.3 Å². The first-order chi connectivity index (χ1) is 10.2. The molecule has 0 aliphatic heterocycles. The molecule has 110 valence electrons. The zero-order chi connectivity index (χ0) is 15.1. The average molecular weight is 301 g/mol. The van der Waals surface area contributed by atoms with Crippen molar-refractivity contribution >= 4 is 23.4 Å². The smallest absolute Gasteiger partial charge is 0.237 e. The molecule has 0 aliphatic carbocycles. The van der Waals surface area contributed by atoms with Gasteiger partial charge in [0.05, 0.1) is 12.9 Å². The number of thioether (sulfide) groups is 1. The minimum atomic E-state index is 0.108. The van der Waals surface area contributed by atoms with Crippen molar-refractivity contribution < 1.29 is 9.53 Å². The number of benzene rings is 2. The molecule has 0 saturated heterocycles. The van der Waals surface area contributed by atoms with Crippen LogP contribution in [0.15, 0.2) is 59.5 Å². The summed E-state index contributed by atoms with van der Waals surface area (Å²) in [5, 5.41) is 0. The number of hydrogen-bond acceptors (Lipinski definition) is 3. The predicted octanol–water partition coefficient (Wildman–Crippen LogP) is 3.84. The van der Waals surface area contributed by atoms with Gasteiger partial charge in [-0.2, -0.15) is 0 Å². The maximum absolute atomic E-state index is 12.4. The fourth-order valence-electron chi connectivity index (χ4n) is 2.02. The Labute approximate surface area is 129 Å². The van der Waals surface area contributed by atoms with E-state index in [2.05, 4.69) is 0 Å². The number of hydrogen-bond donors (Lipinski definition) is 0. The molecule has 2 rings (SSSR count). The van der Waals surface area contributed by atoms with Crippen molar-refractivity contribution in [2.45, 2.75) is 11.8 Å². The van der Waals surface area contributed by atoms with Crippen LogP contribution in [-0.4, -0.2) is 25.3 Å². The molecule has 0 aliphatic rings. The number of anilines is 1. The maximum Gasteiger partial charge on any atom is 0.237 e. The third-order valence-corrected chi connectivity index (χ3v) is 4.07. The average Bonchev–Trinajstić information content (AvgIpc) is 2.55. The lowest BCUT2D eigenvalue weighted by molar-refractivity contribution is -0.116. The number of carbonyl (C=O) groups excluding carboxylic acids is 1. The zero-order valence-electron chi connectivity index (χ0n) is 12.3. The second kappa shape index (κ2) is 7.74. The van der Waals surface area contributed by atoms with E-state index in [0.29, 0.717) is 12.3 Å². The van der Waals surface area contributed by atoms with Gasteiger partial charge in [-0.3, -0.25) is 4.79 Å². The molecule has 0 heterocycles. The van der Waals surface area contributed by atoms with Gasteiger partial charge in [-0.15, -0.1) is 11.8 Å². The highest BCUT2D eigenvalue weighted by Crippen LogP contribution is 2.24. The summed E-state index contributed by atoms with van der Waals surface area (Å²) < 4.78 is 5.19. The van der Waals surface area contributed by atoms with Crippen molar-refractivity contribution in [1.29, 1.82) is 0 Å². The first-order valence-corrected chi connectivity index (χ1v) is 7.85. The van der Waals surface area contributed by atoms with Crippen molar-refractivity contribution in [2.75, 3.05) is 24.3 Å². The molecule has 1 amide bonds. The number of rotatable bonds is 6. The highest BCUT2D eigenvalue weighted by molar-refractivity contribution is 8.00. The lowest BCUT2D eigenvalue weighted by Crippen LogP contribution is -2.32. The standard InChI is InChI=1S/C17H19NO2S/c1-3-18(14-8-5-4-6-9-14)17(19)13-21-16-11-7-10-15(12-16)20-2/h4-12H,3,13H2,1-2H3. The normalized spacial score (nSPS) is 10.2. The lowest BCUT2D eigenvalue weighted by atomic mass is 10.3. The maximum atomic E-state index is 12.4. The van der Waals surface area contributed by atoms with E-state index in [1.165, 1.54) is 11.8 Å². The molecule has 0 spiro atoms. The monoisotopic (exact) mass is 301 g/mol. The number of methoxy groups -OCH3 is 1. The molecular formula is C17H19NO2S. The Morgan fingerprint density at radius 3 is 2.57 bits per heavy atom. The summed E-state index contributed by atoms with van der Waals surface area (Å²) in [5.74, 6) is 1.33. The molecular weight excluding hydrogens is 282 g/mol. The van der Waals surface area contributed by atoms with Crippen LogP contribution < -0.4 is 9.64 Å². The van der Waals surface area contributed by atoms with Crippen LogP contribution in [-0.2, 0) is 4.79 Å². The molecule has 3 nitrogen and oxygen atoms in total. The van der Waals surface area contributed by atoms with E-state index in [1.54, 1.807) is 12.0 Å². The van der Waals surface area contributed by atoms with E-state index >= 15 is 0 Å². The van der Waals surface area contributed by atoms with Gasteiger partial charge in [0.25, 0.3) is 0 Å². The number of para-hydroxylation sites is 1. The van der Waals surface area contributed by atoms with Crippen molar-refractivity contribution in [3.05, 3.63) is 54.6 Å². The van der Waals surface area contributed by atoms with E-state index in [4.69, 9.17) is 4.74 Å². The molecule has 0 N–H and O–H groups in total. The van der Waals surface area contributed by atoms with Gasteiger partial charge in [-0.05, 0) is 37.3 Å². The Balaban J connectivity index is 2.00. The van der Waals surface area contributed by atoms with Crippen LogP contribution >= 0.6 is 11.8 Å². The van der Waals surface area contributed by atoms with Crippen LogP contribution in [0.5, 0.6) is 5.75 Å². The van der Waals surface area contributed by atoms with Crippen LogP contribution in [0.2, 0.25) is 0 Å². The number of amides is 1. The minimum Gasteiger partial charge on any atom is -0.497 e. The van der Waals surface area contributed by atoms with Crippen molar-refractivity contribution in [3.8, 4) is 5.75 Å². The minimum absolute atomic E-state index is 0.108. The highest BCUT2D eigenvalue weighted by Gasteiger charge is 2.13. The quantitative estimate of drug-likeness (QED) is 0.759. The van der Waals surface area contributed by atoms with E-state index in [9.17, 15) is 4.79 Å². The first-order valence-electron chi connectivity index (χ1n) is 6.87. The third kappa shape index (κ3) is 4.26. The van der Waals surface area contributed by atoms with Gasteiger partial charge >= 0.3 is 0 Å². The van der Waals surface area contributed by atoms with Crippen LogP contribution in [0.25, 0.3) is 0 Å². The van der Waals surface area contributed by atoms with E-state index in [-0.39, 0.29) is 5.91 Å². The Bertz CT molecular complexity index is 586. The fraction of sp³-hybridized carbons (Fsp3) is 0.235. The second-order valence-corrected chi connectivity index (χ2v) is 5.49. The SMILES string of the molecule is CCN(C(=O)CSc1cccc(OC)c1)c1ccccc1. The van der Waals surface area contributed by atoms with Crippen molar-refractivity contribution in [1.82, 2.24) is 0 Å². The van der Waals surface area contributed by atoms with Gasteiger partial charge in [0, 0.05) is 17.1 Å². The summed E-state index contributed by atoms with van der Waals surface area (Å²) in [5.41, 5.74) is 0.941. The molecule has 2 aromatic carbocycles. The van der Waals surface area contributed by atoms with Gasteiger partial charge < -0.3 is 9.64 Å². The van der Waals surface area contributed by atoms with Gasteiger partial charge in [-0.25, -0.2) is 0 Å². The lowest BCUT2D eigenvalue weighted by Gasteiger charge is -2.20. The second-order valence-electron chi connectivity index (χ2n) is 4.44. The summed E-state index contributed by atoms with van der Waals surface area (Å²) in [7, 11) is 1.64. The molecule has 0 saturated carbocycles. The Kier molecular flexibility index (Phi) is 5.69. The molecule has 0 unspecified atom stereocenters. The molecule has 2 aromatic rings. The molecule has 0 fully saturated rings. The molecule has 0 radical (unpaired) electrons. The number of nitrogens with zero attached hydrogens (tertiary/aromatic N) is 1. The number of carbonyl (C=O) groups is 1. The summed E-state index contributed by atoms with van der Waals surface area (Å²) >= 11 is 1.53. The predicted molar refractivity (Wildman–Crippen MR) is 88.2 cm³/mol. The molecule has 0 bridgehead atoms. The number of ether oxygens (including phenoxy) is 1. The highest BCUT2D eigenvalue weighted by atomic mass is 32.2. The van der Waals surface area contributed by atoms with Crippen molar-refractivity contribution in [3.63, 3.8) is 0 Å². The van der Waals surface area contributed by atoms with Crippen molar-refractivity contribution in [2.24, 2.45) is 0 Å².